The third-order valence-corrected chi connectivity index (χ3v) is 6.82. The summed E-state index contributed by atoms with van der Waals surface area (Å²) in [5.41, 5.74) is 3.08. The van der Waals surface area contributed by atoms with Gasteiger partial charge in [0, 0.05) is 51.0 Å². The Labute approximate surface area is 210 Å². The number of likely N-dealkylation sites (tertiary alicyclic amines) is 1. The van der Waals surface area contributed by atoms with Gasteiger partial charge in [0.1, 0.15) is 0 Å². The van der Waals surface area contributed by atoms with Gasteiger partial charge in [-0.1, -0.05) is 12.1 Å². The smallest absolute Gasteiger partial charge is 0.255 e. The summed E-state index contributed by atoms with van der Waals surface area (Å²) >= 11 is 0. The van der Waals surface area contributed by atoms with E-state index in [0.29, 0.717) is 42.2 Å². The Balaban J connectivity index is 1.52. The predicted octanol–water partition coefficient (Wildman–Crippen LogP) is 2.18. The zero-order valence-corrected chi connectivity index (χ0v) is 21.4. The molecule has 3 aromatic rings. The summed E-state index contributed by atoms with van der Waals surface area (Å²) in [6.45, 7) is 5.82. The maximum atomic E-state index is 13.2. The molecule has 0 unspecified atom stereocenters. The number of nitrogens with zero attached hydrogens (tertiary/aromatic N) is 4. The van der Waals surface area contributed by atoms with Gasteiger partial charge in [0.25, 0.3) is 5.91 Å². The van der Waals surface area contributed by atoms with Crippen LogP contribution in [0.15, 0.2) is 36.7 Å². The number of sulfonamides is 1. The molecule has 0 radical (unpaired) electrons. The van der Waals surface area contributed by atoms with Crippen molar-refractivity contribution in [1.82, 2.24) is 25.0 Å². The minimum atomic E-state index is -3.35. The van der Waals surface area contributed by atoms with Crippen LogP contribution >= 0.6 is 0 Å². The van der Waals surface area contributed by atoms with Crippen molar-refractivity contribution >= 4 is 44.2 Å². The quantitative estimate of drug-likeness (QED) is 0.420. The average Bonchev–Trinajstić information content (AvgIpc) is 3.27. The lowest BCUT2D eigenvalue weighted by molar-refractivity contribution is -0.129. The molecule has 1 fully saturated rings. The molecule has 0 saturated carbocycles. The minimum Gasteiger partial charge on any atom is -0.381 e. The van der Waals surface area contributed by atoms with Crippen molar-refractivity contribution < 1.29 is 18.0 Å². The molecular formula is C24H31N7O4S. The topological polar surface area (TPSA) is 138 Å². The van der Waals surface area contributed by atoms with E-state index in [0.717, 1.165) is 30.0 Å². The van der Waals surface area contributed by atoms with E-state index in [1.807, 2.05) is 11.8 Å². The normalized spacial score (nSPS) is 14.6. The highest BCUT2D eigenvalue weighted by molar-refractivity contribution is 7.92. The van der Waals surface area contributed by atoms with Gasteiger partial charge in [-0.3, -0.25) is 14.3 Å². The van der Waals surface area contributed by atoms with E-state index in [2.05, 4.69) is 25.4 Å². The fraction of sp³-hybridized carbons (Fsp3) is 0.417. The Hall–Kier alpha value is -3.67. The molecule has 1 saturated heterocycles. The lowest BCUT2D eigenvalue weighted by Crippen LogP contribution is -2.41. The number of carbonyl (C=O) groups excluding carboxylic acids is 2. The van der Waals surface area contributed by atoms with E-state index in [1.165, 1.54) is 0 Å². The Morgan fingerprint density at radius 1 is 1.11 bits per heavy atom. The summed E-state index contributed by atoms with van der Waals surface area (Å²) in [4.78, 5) is 31.3. The molecular weight excluding hydrogens is 482 g/mol. The fourth-order valence-corrected chi connectivity index (χ4v) is 4.88. The first kappa shape index (κ1) is 25.4. The molecule has 3 N–H and O–H groups in total. The molecule has 0 spiro atoms. The van der Waals surface area contributed by atoms with Crippen molar-refractivity contribution in [1.29, 1.82) is 0 Å². The number of benzene rings is 1. The Morgan fingerprint density at radius 2 is 1.81 bits per heavy atom. The molecule has 2 amide bonds. The van der Waals surface area contributed by atoms with Crippen LogP contribution in [0.5, 0.6) is 0 Å². The monoisotopic (exact) mass is 513 g/mol. The number of fused-ring (bicyclic) bond motifs is 1. The van der Waals surface area contributed by atoms with E-state index in [4.69, 9.17) is 0 Å². The molecule has 2 aromatic heterocycles. The van der Waals surface area contributed by atoms with Gasteiger partial charge >= 0.3 is 0 Å². The lowest BCUT2D eigenvalue weighted by Gasteiger charge is -2.32. The van der Waals surface area contributed by atoms with Crippen LogP contribution in [0.4, 0.5) is 11.4 Å². The van der Waals surface area contributed by atoms with E-state index in [1.54, 1.807) is 48.3 Å². The Kier molecular flexibility index (Phi) is 7.43. The molecule has 1 aliphatic heterocycles. The van der Waals surface area contributed by atoms with E-state index in [9.17, 15) is 18.0 Å². The van der Waals surface area contributed by atoms with Gasteiger partial charge in [-0.15, -0.1) is 0 Å². The van der Waals surface area contributed by atoms with Crippen LogP contribution in [-0.4, -0.2) is 65.3 Å². The summed E-state index contributed by atoms with van der Waals surface area (Å²) in [5, 5.41) is 11.7. The Bertz CT molecular complexity index is 1360. The number of aryl methyl sites for hydroxylation is 1. The molecule has 11 nitrogen and oxygen atoms in total. The van der Waals surface area contributed by atoms with Gasteiger partial charge in [-0.05, 0) is 37.5 Å². The highest BCUT2D eigenvalue weighted by Crippen LogP contribution is 2.28. The van der Waals surface area contributed by atoms with Crippen molar-refractivity contribution in [2.24, 2.45) is 0 Å². The van der Waals surface area contributed by atoms with Gasteiger partial charge in [0.05, 0.1) is 29.1 Å². The summed E-state index contributed by atoms with van der Waals surface area (Å²) in [6, 6.07) is 6.91. The molecule has 4 rings (SSSR count). The van der Waals surface area contributed by atoms with Crippen LogP contribution in [0.25, 0.3) is 11.0 Å². The van der Waals surface area contributed by atoms with Crippen LogP contribution in [0, 0.1) is 0 Å². The summed E-state index contributed by atoms with van der Waals surface area (Å²) in [5.74, 6) is -0.208. The molecule has 1 aromatic carbocycles. The molecule has 1 aliphatic rings. The Morgan fingerprint density at radius 3 is 2.42 bits per heavy atom. The number of carbonyl (C=O) groups is 2. The van der Waals surface area contributed by atoms with E-state index < -0.39 is 10.0 Å². The molecule has 0 atom stereocenters. The number of hydrogen-bond acceptors (Lipinski definition) is 7. The van der Waals surface area contributed by atoms with Gasteiger partial charge in [-0.2, -0.15) is 5.10 Å². The van der Waals surface area contributed by atoms with Gasteiger partial charge in [-0.25, -0.2) is 18.1 Å². The van der Waals surface area contributed by atoms with Gasteiger partial charge < -0.3 is 15.5 Å². The van der Waals surface area contributed by atoms with Gasteiger partial charge in [0.2, 0.25) is 15.9 Å². The minimum absolute atomic E-state index is 0.0733. The molecule has 12 heteroatoms. The van der Waals surface area contributed by atoms with E-state index in [-0.39, 0.29) is 24.4 Å². The number of amides is 2. The second-order valence-electron chi connectivity index (χ2n) is 8.92. The number of aromatic nitrogens is 3. The highest BCUT2D eigenvalue weighted by atomic mass is 32.2. The van der Waals surface area contributed by atoms with Crippen molar-refractivity contribution in [3.05, 3.63) is 47.8 Å². The molecule has 36 heavy (non-hydrogen) atoms. The zero-order chi connectivity index (χ0) is 25.9. The highest BCUT2D eigenvalue weighted by Gasteiger charge is 2.24. The van der Waals surface area contributed by atoms with Crippen LogP contribution in [0.2, 0.25) is 0 Å². The van der Waals surface area contributed by atoms with Crippen LogP contribution in [-0.2, 0) is 27.9 Å². The summed E-state index contributed by atoms with van der Waals surface area (Å²) in [6.07, 6.45) is 5.94. The SMILES string of the molecule is CCn1ncc2c(NC3CCN(C(C)=O)CC3)c(C(=O)NCc3ccc(NS(C)(=O)=O)cc3)cnc21. The lowest BCUT2D eigenvalue weighted by atomic mass is 10.0. The standard InChI is InChI=1S/C24H31N7O4S/c1-4-31-23-20(15-27-31)22(28-18-9-11-30(12-10-18)16(2)32)21(14-25-23)24(33)26-13-17-5-7-19(8-6-17)29-36(3,34)35/h5-8,14-15,18,29H,4,9-13H2,1-3H3,(H,25,28)(H,26,33). The third-order valence-electron chi connectivity index (χ3n) is 6.21. The van der Waals surface area contributed by atoms with Crippen molar-refractivity contribution in [3.8, 4) is 0 Å². The largest absolute Gasteiger partial charge is 0.381 e. The van der Waals surface area contributed by atoms with Crippen LogP contribution in [0.1, 0.15) is 42.6 Å². The van der Waals surface area contributed by atoms with E-state index >= 15 is 0 Å². The third kappa shape index (κ3) is 5.93. The summed E-state index contributed by atoms with van der Waals surface area (Å²) in [7, 11) is -3.35. The van der Waals surface area contributed by atoms with Crippen molar-refractivity contribution in [3.63, 3.8) is 0 Å². The maximum Gasteiger partial charge on any atom is 0.255 e. The van der Waals surface area contributed by atoms with Gasteiger partial charge in [0.15, 0.2) is 5.65 Å². The number of anilines is 2. The molecule has 0 aliphatic carbocycles. The van der Waals surface area contributed by atoms with Crippen LogP contribution in [0.3, 0.4) is 0 Å². The average molecular weight is 514 g/mol. The molecule has 3 heterocycles. The number of hydrogen-bond donors (Lipinski definition) is 3. The predicted molar refractivity (Wildman–Crippen MR) is 138 cm³/mol. The second-order valence-corrected chi connectivity index (χ2v) is 10.7. The first-order valence-corrected chi connectivity index (χ1v) is 13.7. The maximum absolute atomic E-state index is 13.2. The second kappa shape index (κ2) is 10.5. The summed E-state index contributed by atoms with van der Waals surface area (Å²) < 4.78 is 27.0. The van der Waals surface area contributed by atoms with Crippen molar-refractivity contribution in [2.45, 2.75) is 45.8 Å². The molecule has 192 valence electrons. The van der Waals surface area contributed by atoms with Crippen LogP contribution < -0.4 is 15.4 Å². The number of rotatable bonds is 8. The number of nitrogens with one attached hydrogen (secondary N) is 3. The fourth-order valence-electron chi connectivity index (χ4n) is 4.31. The number of piperidine rings is 1. The van der Waals surface area contributed by atoms with Crippen molar-refractivity contribution in [2.75, 3.05) is 29.4 Å². The number of pyridine rings is 1. The zero-order valence-electron chi connectivity index (χ0n) is 20.6. The first-order valence-electron chi connectivity index (χ1n) is 11.9. The molecule has 0 bridgehead atoms. The first-order chi connectivity index (χ1) is 17.1.